The van der Waals surface area contributed by atoms with Gasteiger partial charge in [0.1, 0.15) is 5.82 Å². The normalized spacial score (nSPS) is 10.8. The maximum Gasteiger partial charge on any atom is 0.306 e. The van der Waals surface area contributed by atoms with Crippen molar-refractivity contribution in [1.29, 1.82) is 0 Å². The van der Waals surface area contributed by atoms with Crippen LogP contribution in [0, 0.1) is 0 Å². The Morgan fingerprint density at radius 2 is 2.11 bits per heavy atom. The van der Waals surface area contributed by atoms with Gasteiger partial charge in [-0.15, -0.1) is 0 Å². The second-order valence-electron chi connectivity index (χ2n) is 4.47. The van der Waals surface area contributed by atoms with Gasteiger partial charge in [-0.1, -0.05) is 19.1 Å². The minimum atomic E-state index is -0.155. The molecule has 0 saturated carbocycles. The van der Waals surface area contributed by atoms with Gasteiger partial charge in [-0.2, -0.15) is 0 Å². The first-order valence-corrected chi connectivity index (χ1v) is 6.86. The molecule has 4 heteroatoms. The summed E-state index contributed by atoms with van der Waals surface area (Å²) in [6.45, 7) is 5.33. The number of benzene rings is 1. The quantitative estimate of drug-likeness (QED) is 0.750. The molecule has 1 heterocycles. The lowest BCUT2D eigenvalue weighted by Crippen LogP contribution is -2.09. The van der Waals surface area contributed by atoms with E-state index in [0.29, 0.717) is 19.4 Å². The molecule has 0 unspecified atom stereocenters. The van der Waals surface area contributed by atoms with Crippen molar-refractivity contribution in [3.05, 3.63) is 30.1 Å². The van der Waals surface area contributed by atoms with E-state index in [1.807, 2.05) is 25.1 Å². The highest BCUT2D eigenvalue weighted by molar-refractivity contribution is 5.76. The summed E-state index contributed by atoms with van der Waals surface area (Å²) < 4.78 is 7.16. The van der Waals surface area contributed by atoms with E-state index in [1.165, 1.54) is 0 Å². The summed E-state index contributed by atoms with van der Waals surface area (Å²) in [4.78, 5) is 16.1. The summed E-state index contributed by atoms with van der Waals surface area (Å²) >= 11 is 0. The third-order valence-electron chi connectivity index (χ3n) is 3.04. The van der Waals surface area contributed by atoms with E-state index in [4.69, 9.17) is 4.74 Å². The topological polar surface area (TPSA) is 44.1 Å². The molecule has 2 aromatic rings. The zero-order valence-corrected chi connectivity index (χ0v) is 11.6. The highest BCUT2D eigenvalue weighted by atomic mass is 16.5. The molecule has 0 aliphatic carbocycles. The van der Waals surface area contributed by atoms with E-state index in [0.717, 1.165) is 29.8 Å². The van der Waals surface area contributed by atoms with Crippen LogP contribution in [0.2, 0.25) is 0 Å². The van der Waals surface area contributed by atoms with Crippen molar-refractivity contribution in [2.45, 2.75) is 39.7 Å². The van der Waals surface area contributed by atoms with Crippen LogP contribution in [0.5, 0.6) is 0 Å². The third kappa shape index (κ3) is 3.13. The molecule has 0 radical (unpaired) electrons. The molecule has 2 rings (SSSR count). The van der Waals surface area contributed by atoms with Crippen LogP contribution in [0.25, 0.3) is 11.0 Å². The molecule has 0 bridgehead atoms. The predicted octanol–water partition coefficient (Wildman–Crippen LogP) is 2.94. The van der Waals surface area contributed by atoms with Crippen molar-refractivity contribution >= 4 is 17.0 Å². The maximum absolute atomic E-state index is 11.4. The molecule has 0 amide bonds. The number of ether oxygens (including phenoxy) is 1. The van der Waals surface area contributed by atoms with E-state index in [-0.39, 0.29) is 5.97 Å². The molecule has 4 nitrogen and oxygen atoms in total. The standard InChI is InChI=1S/C15H20N2O2/c1-3-11-17-13-8-6-5-7-12(13)16-14(17)9-10-15(18)19-4-2/h5-8H,3-4,9-11H2,1-2H3. The van der Waals surface area contributed by atoms with Gasteiger partial charge in [-0.25, -0.2) is 4.98 Å². The van der Waals surface area contributed by atoms with Gasteiger partial charge in [0.25, 0.3) is 0 Å². The lowest BCUT2D eigenvalue weighted by Gasteiger charge is -2.07. The summed E-state index contributed by atoms with van der Waals surface area (Å²) in [7, 11) is 0. The molecule has 0 spiro atoms. The average molecular weight is 260 g/mol. The summed E-state index contributed by atoms with van der Waals surface area (Å²) in [5.74, 6) is 0.814. The maximum atomic E-state index is 11.4. The number of fused-ring (bicyclic) bond motifs is 1. The Morgan fingerprint density at radius 3 is 2.84 bits per heavy atom. The van der Waals surface area contributed by atoms with E-state index >= 15 is 0 Å². The molecule has 0 aliphatic heterocycles. The van der Waals surface area contributed by atoms with Crippen LogP contribution in [0.4, 0.5) is 0 Å². The number of carbonyl (C=O) groups excluding carboxylic acids is 1. The van der Waals surface area contributed by atoms with E-state index < -0.39 is 0 Å². The largest absolute Gasteiger partial charge is 0.466 e. The highest BCUT2D eigenvalue weighted by Crippen LogP contribution is 2.17. The Hall–Kier alpha value is -1.84. The van der Waals surface area contributed by atoms with Crippen molar-refractivity contribution in [3.63, 3.8) is 0 Å². The number of esters is 1. The second-order valence-corrected chi connectivity index (χ2v) is 4.47. The molecule has 19 heavy (non-hydrogen) atoms. The molecular weight excluding hydrogens is 240 g/mol. The molecule has 0 saturated heterocycles. The van der Waals surface area contributed by atoms with Crippen molar-refractivity contribution in [2.75, 3.05) is 6.61 Å². The smallest absolute Gasteiger partial charge is 0.306 e. The third-order valence-corrected chi connectivity index (χ3v) is 3.04. The summed E-state index contributed by atoms with van der Waals surface area (Å²) in [5.41, 5.74) is 2.14. The predicted molar refractivity (Wildman–Crippen MR) is 75.0 cm³/mol. The Balaban J connectivity index is 2.21. The number of hydrogen-bond donors (Lipinski definition) is 0. The molecule has 0 atom stereocenters. The van der Waals surface area contributed by atoms with Gasteiger partial charge in [0, 0.05) is 13.0 Å². The fourth-order valence-corrected chi connectivity index (χ4v) is 2.24. The summed E-state index contributed by atoms with van der Waals surface area (Å²) in [6.07, 6.45) is 2.07. The van der Waals surface area contributed by atoms with Gasteiger partial charge in [0.2, 0.25) is 0 Å². The molecular formula is C15H20N2O2. The lowest BCUT2D eigenvalue weighted by molar-refractivity contribution is -0.143. The van der Waals surface area contributed by atoms with Crippen LogP contribution in [0.1, 0.15) is 32.5 Å². The van der Waals surface area contributed by atoms with Crippen LogP contribution in [-0.2, 0) is 22.5 Å². The van der Waals surface area contributed by atoms with Gasteiger partial charge in [-0.05, 0) is 25.5 Å². The van der Waals surface area contributed by atoms with Crippen molar-refractivity contribution in [2.24, 2.45) is 0 Å². The van der Waals surface area contributed by atoms with Gasteiger partial charge >= 0.3 is 5.97 Å². The van der Waals surface area contributed by atoms with Gasteiger partial charge < -0.3 is 9.30 Å². The number of aryl methyl sites for hydroxylation is 2. The number of carbonyl (C=O) groups is 1. The SMILES string of the molecule is CCCn1c(CCC(=O)OCC)nc2ccccc21. The number of rotatable bonds is 6. The monoisotopic (exact) mass is 260 g/mol. The number of imidazole rings is 1. The fourth-order valence-electron chi connectivity index (χ4n) is 2.24. The summed E-state index contributed by atoms with van der Waals surface area (Å²) in [5, 5.41) is 0. The second kappa shape index (κ2) is 6.36. The molecule has 1 aromatic carbocycles. The van der Waals surface area contributed by atoms with E-state index in [9.17, 15) is 4.79 Å². The first kappa shape index (κ1) is 13.6. The van der Waals surface area contributed by atoms with Crippen molar-refractivity contribution < 1.29 is 9.53 Å². The Kier molecular flexibility index (Phi) is 4.55. The fraction of sp³-hybridized carbons (Fsp3) is 0.467. The summed E-state index contributed by atoms with van der Waals surface area (Å²) in [6, 6.07) is 8.09. The number of nitrogens with zero attached hydrogens (tertiary/aromatic N) is 2. The average Bonchev–Trinajstić information content (AvgIpc) is 2.76. The highest BCUT2D eigenvalue weighted by Gasteiger charge is 2.11. The molecule has 0 N–H and O–H groups in total. The van der Waals surface area contributed by atoms with E-state index in [1.54, 1.807) is 0 Å². The van der Waals surface area contributed by atoms with Crippen molar-refractivity contribution in [1.82, 2.24) is 9.55 Å². The zero-order chi connectivity index (χ0) is 13.7. The number of aromatic nitrogens is 2. The van der Waals surface area contributed by atoms with Crippen LogP contribution in [-0.4, -0.2) is 22.1 Å². The Labute approximate surface area is 113 Å². The molecule has 0 aliphatic rings. The molecule has 1 aromatic heterocycles. The zero-order valence-electron chi connectivity index (χ0n) is 11.6. The Bertz CT molecular complexity index is 560. The van der Waals surface area contributed by atoms with Gasteiger partial charge in [0.05, 0.1) is 24.1 Å². The Morgan fingerprint density at radius 1 is 1.32 bits per heavy atom. The van der Waals surface area contributed by atoms with Crippen molar-refractivity contribution in [3.8, 4) is 0 Å². The first-order valence-electron chi connectivity index (χ1n) is 6.86. The van der Waals surface area contributed by atoms with Crippen LogP contribution < -0.4 is 0 Å². The number of para-hydroxylation sites is 2. The molecule has 102 valence electrons. The minimum absolute atomic E-state index is 0.155. The van der Waals surface area contributed by atoms with Crippen LogP contribution >= 0.6 is 0 Å². The van der Waals surface area contributed by atoms with Gasteiger partial charge in [-0.3, -0.25) is 4.79 Å². The minimum Gasteiger partial charge on any atom is -0.466 e. The lowest BCUT2D eigenvalue weighted by atomic mass is 10.3. The van der Waals surface area contributed by atoms with E-state index in [2.05, 4.69) is 22.5 Å². The molecule has 0 fully saturated rings. The number of hydrogen-bond acceptors (Lipinski definition) is 3. The van der Waals surface area contributed by atoms with Crippen LogP contribution in [0.15, 0.2) is 24.3 Å². The van der Waals surface area contributed by atoms with Gasteiger partial charge in [0.15, 0.2) is 0 Å². The van der Waals surface area contributed by atoms with Crippen LogP contribution in [0.3, 0.4) is 0 Å². The first-order chi connectivity index (χ1) is 9.26.